The van der Waals surface area contributed by atoms with Gasteiger partial charge in [0.15, 0.2) is 0 Å². The highest BCUT2D eigenvalue weighted by atomic mass is 32.2. The van der Waals surface area contributed by atoms with Crippen molar-refractivity contribution in [2.75, 3.05) is 18.1 Å². The molecule has 0 fully saturated rings. The fourth-order valence-corrected chi connectivity index (χ4v) is 2.22. The number of thioether (sulfide) groups is 1. The van der Waals surface area contributed by atoms with Gasteiger partial charge in [-0.3, -0.25) is 0 Å². The smallest absolute Gasteiger partial charge is 0.122 e. The molecule has 0 amide bonds. The van der Waals surface area contributed by atoms with Crippen molar-refractivity contribution in [2.45, 2.75) is 33.2 Å². The lowest BCUT2D eigenvalue weighted by atomic mass is 10.1. The zero-order valence-electron chi connectivity index (χ0n) is 11.0. The Kier molecular flexibility index (Phi) is 6.45. The largest absolute Gasteiger partial charge is 0.493 e. The van der Waals surface area contributed by atoms with Crippen LogP contribution in [0.4, 0.5) is 0 Å². The van der Waals surface area contributed by atoms with Gasteiger partial charge in [0, 0.05) is 6.04 Å². The van der Waals surface area contributed by atoms with Crippen LogP contribution in [0.25, 0.3) is 0 Å². The molecule has 0 spiro atoms. The maximum Gasteiger partial charge on any atom is 0.122 e. The topological polar surface area (TPSA) is 35.2 Å². The SMILES string of the molecule is CCSCCCOc1ccc([C@@H](C)N)cc1C. The Morgan fingerprint density at radius 3 is 2.76 bits per heavy atom. The van der Waals surface area contributed by atoms with E-state index in [4.69, 9.17) is 10.5 Å². The van der Waals surface area contributed by atoms with E-state index in [0.717, 1.165) is 24.3 Å². The number of aryl methyl sites for hydroxylation is 1. The molecular formula is C14H23NOS. The molecule has 96 valence electrons. The van der Waals surface area contributed by atoms with Crippen LogP contribution in [0.1, 0.15) is 37.4 Å². The molecular weight excluding hydrogens is 230 g/mol. The van der Waals surface area contributed by atoms with Crippen molar-refractivity contribution >= 4 is 11.8 Å². The van der Waals surface area contributed by atoms with Crippen LogP contribution in [0.2, 0.25) is 0 Å². The van der Waals surface area contributed by atoms with Crippen molar-refractivity contribution < 1.29 is 4.74 Å². The molecule has 0 radical (unpaired) electrons. The number of ether oxygens (including phenoxy) is 1. The summed E-state index contributed by atoms with van der Waals surface area (Å²) in [6.45, 7) is 7.05. The van der Waals surface area contributed by atoms with Gasteiger partial charge in [-0.05, 0) is 49.0 Å². The van der Waals surface area contributed by atoms with E-state index in [2.05, 4.69) is 19.9 Å². The minimum atomic E-state index is 0.0868. The summed E-state index contributed by atoms with van der Waals surface area (Å²) in [5.41, 5.74) is 8.18. The highest BCUT2D eigenvalue weighted by molar-refractivity contribution is 7.99. The zero-order valence-corrected chi connectivity index (χ0v) is 11.8. The first-order valence-corrected chi connectivity index (χ1v) is 7.37. The van der Waals surface area contributed by atoms with Crippen molar-refractivity contribution in [3.63, 3.8) is 0 Å². The molecule has 1 atom stereocenters. The van der Waals surface area contributed by atoms with Gasteiger partial charge in [0.05, 0.1) is 6.61 Å². The first-order chi connectivity index (χ1) is 8.15. The third-order valence-corrected chi connectivity index (χ3v) is 3.61. The van der Waals surface area contributed by atoms with Crippen LogP contribution in [0.3, 0.4) is 0 Å². The maximum atomic E-state index is 5.84. The molecule has 1 aromatic rings. The first kappa shape index (κ1) is 14.4. The number of hydrogen-bond acceptors (Lipinski definition) is 3. The second kappa shape index (κ2) is 7.62. The van der Waals surface area contributed by atoms with Crippen LogP contribution in [0, 0.1) is 6.92 Å². The lowest BCUT2D eigenvalue weighted by Crippen LogP contribution is -2.06. The van der Waals surface area contributed by atoms with E-state index in [0.29, 0.717) is 0 Å². The zero-order chi connectivity index (χ0) is 12.7. The predicted octanol–water partition coefficient (Wildman–Crippen LogP) is 3.54. The Labute approximate surface area is 109 Å². The minimum absolute atomic E-state index is 0.0868. The van der Waals surface area contributed by atoms with E-state index >= 15 is 0 Å². The monoisotopic (exact) mass is 253 g/mol. The molecule has 2 N–H and O–H groups in total. The molecule has 0 aromatic heterocycles. The van der Waals surface area contributed by atoms with Crippen molar-refractivity contribution in [3.8, 4) is 5.75 Å². The lowest BCUT2D eigenvalue weighted by Gasteiger charge is -2.12. The van der Waals surface area contributed by atoms with E-state index in [1.54, 1.807) is 0 Å². The van der Waals surface area contributed by atoms with Gasteiger partial charge in [-0.15, -0.1) is 0 Å². The van der Waals surface area contributed by atoms with Gasteiger partial charge in [0.25, 0.3) is 0 Å². The van der Waals surface area contributed by atoms with Crippen molar-refractivity contribution in [1.82, 2.24) is 0 Å². The molecule has 0 unspecified atom stereocenters. The van der Waals surface area contributed by atoms with Gasteiger partial charge in [-0.2, -0.15) is 11.8 Å². The molecule has 1 aromatic carbocycles. The molecule has 3 heteroatoms. The third-order valence-electron chi connectivity index (χ3n) is 2.62. The van der Waals surface area contributed by atoms with E-state index in [9.17, 15) is 0 Å². The van der Waals surface area contributed by atoms with Crippen LogP contribution in [-0.2, 0) is 0 Å². The Balaban J connectivity index is 2.43. The van der Waals surface area contributed by atoms with E-state index < -0.39 is 0 Å². The van der Waals surface area contributed by atoms with E-state index in [-0.39, 0.29) is 6.04 Å². The number of rotatable bonds is 7. The molecule has 2 nitrogen and oxygen atoms in total. The van der Waals surface area contributed by atoms with Crippen LogP contribution < -0.4 is 10.5 Å². The fourth-order valence-electron chi connectivity index (χ4n) is 1.61. The van der Waals surface area contributed by atoms with Gasteiger partial charge < -0.3 is 10.5 Å². The summed E-state index contributed by atoms with van der Waals surface area (Å²) in [6, 6.07) is 6.28. The molecule has 0 aliphatic heterocycles. The summed E-state index contributed by atoms with van der Waals surface area (Å²) < 4.78 is 5.76. The molecule has 0 saturated carbocycles. The highest BCUT2D eigenvalue weighted by Crippen LogP contribution is 2.22. The Hall–Kier alpha value is -0.670. The normalized spacial score (nSPS) is 12.5. The summed E-state index contributed by atoms with van der Waals surface area (Å²) in [7, 11) is 0. The summed E-state index contributed by atoms with van der Waals surface area (Å²) in [5.74, 6) is 3.34. The number of benzene rings is 1. The summed E-state index contributed by atoms with van der Waals surface area (Å²) in [5, 5.41) is 0. The van der Waals surface area contributed by atoms with Gasteiger partial charge >= 0.3 is 0 Å². The van der Waals surface area contributed by atoms with Crippen LogP contribution in [0.5, 0.6) is 5.75 Å². The summed E-state index contributed by atoms with van der Waals surface area (Å²) in [6.07, 6.45) is 1.10. The standard InChI is InChI=1S/C14H23NOS/c1-4-17-9-5-8-16-14-7-6-13(12(3)15)10-11(14)2/h6-7,10,12H,4-5,8-9,15H2,1-3H3/t12-/m1/s1. The molecule has 17 heavy (non-hydrogen) atoms. The Morgan fingerprint density at radius 1 is 1.41 bits per heavy atom. The van der Waals surface area contributed by atoms with Crippen LogP contribution in [-0.4, -0.2) is 18.1 Å². The Bertz CT molecular complexity index is 339. The number of hydrogen-bond donors (Lipinski definition) is 1. The molecule has 0 aliphatic rings. The second-order valence-electron chi connectivity index (χ2n) is 4.21. The average Bonchev–Trinajstić information content (AvgIpc) is 2.30. The predicted molar refractivity (Wildman–Crippen MR) is 76.9 cm³/mol. The summed E-state index contributed by atoms with van der Waals surface area (Å²) in [4.78, 5) is 0. The summed E-state index contributed by atoms with van der Waals surface area (Å²) >= 11 is 1.96. The fraction of sp³-hybridized carbons (Fsp3) is 0.571. The van der Waals surface area contributed by atoms with Crippen molar-refractivity contribution in [2.24, 2.45) is 5.73 Å². The van der Waals surface area contributed by atoms with Crippen LogP contribution >= 0.6 is 11.8 Å². The lowest BCUT2D eigenvalue weighted by molar-refractivity contribution is 0.316. The molecule has 0 aliphatic carbocycles. The highest BCUT2D eigenvalue weighted by Gasteiger charge is 2.04. The van der Waals surface area contributed by atoms with E-state index in [1.807, 2.05) is 30.8 Å². The van der Waals surface area contributed by atoms with Gasteiger partial charge in [-0.1, -0.05) is 19.1 Å². The third kappa shape index (κ3) is 5.00. The average molecular weight is 253 g/mol. The minimum Gasteiger partial charge on any atom is -0.493 e. The number of nitrogens with two attached hydrogens (primary N) is 1. The van der Waals surface area contributed by atoms with Crippen molar-refractivity contribution in [3.05, 3.63) is 29.3 Å². The molecule has 0 saturated heterocycles. The first-order valence-electron chi connectivity index (χ1n) is 6.21. The van der Waals surface area contributed by atoms with Crippen LogP contribution in [0.15, 0.2) is 18.2 Å². The molecule has 0 bridgehead atoms. The van der Waals surface area contributed by atoms with Gasteiger partial charge in [0.2, 0.25) is 0 Å². The maximum absolute atomic E-state index is 5.84. The van der Waals surface area contributed by atoms with Gasteiger partial charge in [-0.25, -0.2) is 0 Å². The quantitative estimate of drug-likeness (QED) is 0.755. The van der Waals surface area contributed by atoms with E-state index in [1.165, 1.54) is 17.1 Å². The second-order valence-corrected chi connectivity index (χ2v) is 5.61. The molecule has 0 heterocycles. The molecule has 1 rings (SSSR count). The Morgan fingerprint density at radius 2 is 2.18 bits per heavy atom. The van der Waals surface area contributed by atoms with Gasteiger partial charge in [0.1, 0.15) is 5.75 Å². The van der Waals surface area contributed by atoms with Crippen molar-refractivity contribution in [1.29, 1.82) is 0 Å².